The fourth-order valence-corrected chi connectivity index (χ4v) is 2.27. The monoisotopic (exact) mass is 220 g/mol. The molecule has 16 heavy (non-hydrogen) atoms. The lowest BCUT2D eigenvalue weighted by Crippen LogP contribution is -2.27. The van der Waals surface area contributed by atoms with Crippen LogP contribution >= 0.6 is 0 Å². The zero-order chi connectivity index (χ0) is 11.5. The summed E-state index contributed by atoms with van der Waals surface area (Å²) in [6.07, 6.45) is 5.10. The van der Waals surface area contributed by atoms with Crippen molar-refractivity contribution < 1.29 is 0 Å². The average Bonchev–Trinajstić information content (AvgIpc) is 2.24. The van der Waals surface area contributed by atoms with E-state index in [1.54, 1.807) is 0 Å². The van der Waals surface area contributed by atoms with Crippen LogP contribution in [0.5, 0.6) is 0 Å². The quantitative estimate of drug-likeness (QED) is 0.832. The summed E-state index contributed by atoms with van der Waals surface area (Å²) in [5.74, 6) is 1.49. The number of aromatic nitrogens is 3. The molecule has 0 bridgehead atoms. The molecule has 1 fully saturated rings. The van der Waals surface area contributed by atoms with Crippen LogP contribution in [0, 0.1) is 19.8 Å². The first-order valence-corrected chi connectivity index (χ1v) is 6.09. The minimum atomic E-state index is 0.521. The van der Waals surface area contributed by atoms with Crippen LogP contribution < -0.4 is 5.32 Å². The molecule has 4 heteroatoms. The van der Waals surface area contributed by atoms with E-state index in [9.17, 15) is 0 Å². The van der Waals surface area contributed by atoms with Crippen molar-refractivity contribution in [3.8, 4) is 0 Å². The molecule has 0 spiro atoms. The van der Waals surface area contributed by atoms with Gasteiger partial charge in [-0.15, -0.1) is 5.10 Å². The van der Waals surface area contributed by atoms with Gasteiger partial charge in [0.15, 0.2) is 0 Å². The fraction of sp³-hybridized carbons (Fsp3) is 0.750. The fourth-order valence-electron chi connectivity index (χ4n) is 2.27. The van der Waals surface area contributed by atoms with E-state index < -0.39 is 0 Å². The molecule has 2 atom stereocenters. The molecule has 1 saturated carbocycles. The third-order valence-electron chi connectivity index (χ3n) is 3.36. The first-order valence-electron chi connectivity index (χ1n) is 6.09. The number of aryl methyl sites for hydroxylation is 2. The number of hydrogen-bond donors (Lipinski definition) is 1. The normalized spacial score (nSPS) is 25.4. The van der Waals surface area contributed by atoms with Crippen molar-refractivity contribution in [1.29, 1.82) is 0 Å². The third-order valence-corrected chi connectivity index (χ3v) is 3.36. The molecule has 1 aliphatic rings. The van der Waals surface area contributed by atoms with Gasteiger partial charge in [0.25, 0.3) is 0 Å². The summed E-state index contributed by atoms with van der Waals surface area (Å²) < 4.78 is 0. The van der Waals surface area contributed by atoms with E-state index in [0.29, 0.717) is 12.0 Å². The number of hydrogen-bond acceptors (Lipinski definition) is 4. The highest BCUT2D eigenvalue weighted by molar-refractivity contribution is 5.26. The molecule has 0 amide bonds. The van der Waals surface area contributed by atoms with E-state index in [4.69, 9.17) is 0 Å². The summed E-state index contributed by atoms with van der Waals surface area (Å²) in [6, 6.07) is 0.521. The van der Waals surface area contributed by atoms with Gasteiger partial charge in [-0.1, -0.05) is 19.8 Å². The molecule has 1 N–H and O–H groups in total. The van der Waals surface area contributed by atoms with Crippen molar-refractivity contribution in [1.82, 2.24) is 15.2 Å². The summed E-state index contributed by atoms with van der Waals surface area (Å²) >= 11 is 0. The zero-order valence-corrected chi connectivity index (χ0v) is 10.3. The highest BCUT2D eigenvalue weighted by atomic mass is 15.2. The number of nitrogens with zero attached hydrogens (tertiary/aromatic N) is 3. The molecule has 88 valence electrons. The van der Waals surface area contributed by atoms with Crippen LogP contribution in [-0.4, -0.2) is 21.2 Å². The minimum absolute atomic E-state index is 0.521. The number of anilines is 1. The van der Waals surface area contributed by atoms with Gasteiger partial charge in [-0.3, -0.25) is 0 Å². The van der Waals surface area contributed by atoms with Crippen molar-refractivity contribution in [2.24, 2.45) is 5.92 Å². The minimum Gasteiger partial charge on any atom is -0.350 e. The van der Waals surface area contributed by atoms with Gasteiger partial charge in [-0.05, 0) is 32.6 Å². The largest absolute Gasteiger partial charge is 0.350 e. The summed E-state index contributed by atoms with van der Waals surface area (Å²) in [5, 5.41) is 11.6. The van der Waals surface area contributed by atoms with Gasteiger partial charge >= 0.3 is 0 Å². The number of rotatable bonds is 2. The summed E-state index contributed by atoms with van der Waals surface area (Å²) in [7, 11) is 0. The molecule has 1 aliphatic carbocycles. The number of nitrogens with one attached hydrogen (secondary N) is 1. The summed E-state index contributed by atoms with van der Waals surface area (Å²) in [5.41, 5.74) is 1.86. The van der Waals surface area contributed by atoms with Crippen LogP contribution in [0.1, 0.15) is 44.0 Å². The molecule has 1 aromatic rings. The predicted octanol–water partition coefficient (Wildman–Crippen LogP) is 2.48. The Morgan fingerprint density at radius 1 is 1.12 bits per heavy atom. The molecule has 4 nitrogen and oxygen atoms in total. The standard InChI is InChI=1S/C12H20N4/c1-8-5-4-6-11(7-8)14-12-13-9(2)10(3)15-16-12/h8,11H,4-7H2,1-3H3,(H,13,14,16). The SMILES string of the molecule is Cc1nnc(NC2CCCC(C)C2)nc1C. The van der Waals surface area contributed by atoms with Crippen LogP contribution in [0.2, 0.25) is 0 Å². The molecule has 1 heterocycles. The first-order chi connectivity index (χ1) is 7.65. The van der Waals surface area contributed by atoms with Crippen LogP contribution in [0.15, 0.2) is 0 Å². The lowest BCUT2D eigenvalue weighted by molar-refractivity contribution is 0.357. The van der Waals surface area contributed by atoms with Gasteiger partial charge in [0.2, 0.25) is 5.95 Å². The topological polar surface area (TPSA) is 50.7 Å². The van der Waals surface area contributed by atoms with Crippen LogP contribution in [-0.2, 0) is 0 Å². The van der Waals surface area contributed by atoms with Crippen molar-refractivity contribution in [3.63, 3.8) is 0 Å². The van der Waals surface area contributed by atoms with Crippen LogP contribution in [0.4, 0.5) is 5.95 Å². The molecule has 2 rings (SSSR count). The highest BCUT2D eigenvalue weighted by Gasteiger charge is 2.19. The maximum atomic E-state index is 4.41. The van der Waals surface area contributed by atoms with E-state index in [0.717, 1.165) is 17.3 Å². The van der Waals surface area contributed by atoms with Gasteiger partial charge < -0.3 is 5.32 Å². The van der Waals surface area contributed by atoms with Crippen molar-refractivity contribution >= 4 is 5.95 Å². The summed E-state index contributed by atoms with van der Waals surface area (Å²) in [4.78, 5) is 4.41. The molecule has 0 aliphatic heterocycles. The van der Waals surface area contributed by atoms with Crippen molar-refractivity contribution in [2.75, 3.05) is 5.32 Å². The van der Waals surface area contributed by atoms with Gasteiger partial charge in [0.05, 0.1) is 11.4 Å². The van der Waals surface area contributed by atoms with Crippen LogP contribution in [0.3, 0.4) is 0 Å². The lowest BCUT2D eigenvalue weighted by atomic mass is 9.87. The van der Waals surface area contributed by atoms with Gasteiger partial charge in [-0.2, -0.15) is 5.10 Å². The zero-order valence-electron chi connectivity index (χ0n) is 10.3. The van der Waals surface area contributed by atoms with E-state index in [2.05, 4.69) is 27.4 Å². The average molecular weight is 220 g/mol. The Morgan fingerprint density at radius 3 is 2.62 bits per heavy atom. The first kappa shape index (κ1) is 11.3. The second-order valence-electron chi connectivity index (χ2n) is 4.92. The Bertz CT molecular complexity index is 364. The Morgan fingerprint density at radius 2 is 1.94 bits per heavy atom. The Hall–Kier alpha value is -1.19. The Balaban J connectivity index is 2.00. The molecule has 0 saturated heterocycles. The van der Waals surface area contributed by atoms with Gasteiger partial charge in [-0.25, -0.2) is 4.98 Å². The second-order valence-corrected chi connectivity index (χ2v) is 4.92. The molecule has 0 radical (unpaired) electrons. The van der Waals surface area contributed by atoms with E-state index in [1.165, 1.54) is 25.7 Å². The van der Waals surface area contributed by atoms with E-state index >= 15 is 0 Å². The van der Waals surface area contributed by atoms with Gasteiger partial charge in [0, 0.05) is 6.04 Å². The highest BCUT2D eigenvalue weighted by Crippen LogP contribution is 2.25. The van der Waals surface area contributed by atoms with E-state index in [-0.39, 0.29) is 0 Å². The molecule has 1 aromatic heterocycles. The predicted molar refractivity (Wildman–Crippen MR) is 64.3 cm³/mol. The second kappa shape index (κ2) is 4.76. The lowest BCUT2D eigenvalue weighted by Gasteiger charge is -2.27. The van der Waals surface area contributed by atoms with Gasteiger partial charge in [0.1, 0.15) is 0 Å². The molecule has 0 aromatic carbocycles. The van der Waals surface area contributed by atoms with Crippen molar-refractivity contribution in [2.45, 2.75) is 52.5 Å². The Labute approximate surface area is 96.9 Å². The van der Waals surface area contributed by atoms with Crippen LogP contribution in [0.25, 0.3) is 0 Å². The maximum absolute atomic E-state index is 4.41. The van der Waals surface area contributed by atoms with E-state index in [1.807, 2.05) is 13.8 Å². The maximum Gasteiger partial charge on any atom is 0.243 e. The smallest absolute Gasteiger partial charge is 0.243 e. The molecule has 2 unspecified atom stereocenters. The molecular formula is C12H20N4. The Kier molecular flexibility index (Phi) is 3.36. The summed E-state index contributed by atoms with van der Waals surface area (Å²) in [6.45, 7) is 6.22. The van der Waals surface area contributed by atoms with Crippen molar-refractivity contribution in [3.05, 3.63) is 11.4 Å². The third kappa shape index (κ3) is 2.68. The molecular weight excluding hydrogens is 200 g/mol.